The minimum absolute atomic E-state index is 0.0443. The summed E-state index contributed by atoms with van der Waals surface area (Å²) in [6.45, 7) is 5.75. The summed E-state index contributed by atoms with van der Waals surface area (Å²) in [6.07, 6.45) is 8.08. The fourth-order valence-electron chi connectivity index (χ4n) is 3.92. The van der Waals surface area contributed by atoms with E-state index < -0.39 is 5.54 Å². The summed E-state index contributed by atoms with van der Waals surface area (Å²) in [5.41, 5.74) is -0.412. The van der Waals surface area contributed by atoms with E-state index in [-0.39, 0.29) is 5.97 Å². The molecule has 4 heteroatoms. The average molecular weight is 294 g/mol. The van der Waals surface area contributed by atoms with E-state index in [1.165, 1.54) is 32.8 Å². The van der Waals surface area contributed by atoms with Crippen LogP contribution in [0.15, 0.2) is 0 Å². The van der Waals surface area contributed by atoms with Gasteiger partial charge in [0.05, 0.1) is 7.11 Å². The van der Waals surface area contributed by atoms with Crippen LogP contribution in [0.25, 0.3) is 0 Å². The van der Waals surface area contributed by atoms with Crippen LogP contribution in [0.5, 0.6) is 0 Å². The molecule has 0 aliphatic heterocycles. The third kappa shape index (κ3) is 3.42. The molecule has 0 heterocycles. The van der Waals surface area contributed by atoms with Gasteiger partial charge in [0.2, 0.25) is 0 Å². The minimum Gasteiger partial charge on any atom is -0.468 e. The molecule has 3 rings (SSSR count). The molecule has 0 aromatic carbocycles. The molecule has 4 nitrogen and oxygen atoms in total. The Morgan fingerprint density at radius 1 is 1.24 bits per heavy atom. The van der Waals surface area contributed by atoms with Crippen LogP contribution in [-0.4, -0.2) is 48.2 Å². The van der Waals surface area contributed by atoms with Gasteiger partial charge in [-0.1, -0.05) is 13.8 Å². The first-order chi connectivity index (χ1) is 10.0. The minimum atomic E-state index is -0.412. The SMILES string of the molecule is COC(=O)C1(NC2CC2)CCC(N(CC(C)C)C2CC2)C1. The van der Waals surface area contributed by atoms with Crippen molar-refractivity contribution in [2.75, 3.05) is 13.7 Å². The molecule has 0 amide bonds. The number of nitrogens with one attached hydrogen (secondary N) is 1. The van der Waals surface area contributed by atoms with Crippen LogP contribution < -0.4 is 5.32 Å². The van der Waals surface area contributed by atoms with Crippen LogP contribution in [0, 0.1) is 5.92 Å². The Morgan fingerprint density at radius 3 is 2.48 bits per heavy atom. The fourth-order valence-corrected chi connectivity index (χ4v) is 3.92. The second-order valence-electron chi connectivity index (χ2n) is 7.71. The first-order valence-electron chi connectivity index (χ1n) is 8.66. The van der Waals surface area contributed by atoms with Crippen molar-refractivity contribution >= 4 is 5.97 Å². The summed E-state index contributed by atoms with van der Waals surface area (Å²) in [7, 11) is 1.53. The molecule has 120 valence electrons. The van der Waals surface area contributed by atoms with Crippen molar-refractivity contribution in [3.8, 4) is 0 Å². The Kier molecular flexibility index (Phi) is 4.28. The maximum atomic E-state index is 12.4. The van der Waals surface area contributed by atoms with Crippen LogP contribution in [0.4, 0.5) is 0 Å². The molecule has 0 aromatic heterocycles. The van der Waals surface area contributed by atoms with Crippen LogP contribution in [-0.2, 0) is 9.53 Å². The van der Waals surface area contributed by atoms with E-state index in [1.54, 1.807) is 0 Å². The Labute approximate surface area is 128 Å². The van der Waals surface area contributed by atoms with Gasteiger partial charge < -0.3 is 4.74 Å². The number of nitrogens with zero attached hydrogens (tertiary/aromatic N) is 1. The smallest absolute Gasteiger partial charge is 0.326 e. The summed E-state index contributed by atoms with van der Waals surface area (Å²) < 4.78 is 5.13. The number of carbonyl (C=O) groups excluding carboxylic acids is 1. The molecule has 0 spiro atoms. The third-order valence-electron chi connectivity index (χ3n) is 5.18. The summed E-state index contributed by atoms with van der Waals surface area (Å²) in [5.74, 6) is 0.646. The van der Waals surface area contributed by atoms with E-state index >= 15 is 0 Å². The average Bonchev–Trinajstić information content (AvgIpc) is 3.35. The number of hydrogen-bond acceptors (Lipinski definition) is 4. The number of rotatable bonds is 7. The molecule has 0 radical (unpaired) electrons. The van der Waals surface area contributed by atoms with E-state index in [0.717, 1.165) is 31.8 Å². The van der Waals surface area contributed by atoms with Gasteiger partial charge in [-0.2, -0.15) is 0 Å². The highest BCUT2D eigenvalue weighted by Crippen LogP contribution is 2.41. The van der Waals surface area contributed by atoms with Crippen LogP contribution in [0.3, 0.4) is 0 Å². The molecule has 3 aliphatic carbocycles. The normalized spacial score (nSPS) is 32.9. The van der Waals surface area contributed by atoms with Crippen molar-refractivity contribution in [3.05, 3.63) is 0 Å². The second-order valence-corrected chi connectivity index (χ2v) is 7.71. The number of ether oxygens (including phenoxy) is 1. The molecule has 21 heavy (non-hydrogen) atoms. The van der Waals surface area contributed by atoms with Crippen LogP contribution in [0.2, 0.25) is 0 Å². The van der Waals surface area contributed by atoms with Crippen molar-refractivity contribution < 1.29 is 9.53 Å². The van der Waals surface area contributed by atoms with E-state index in [4.69, 9.17) is 4.74 Å². The zero-order chi connectivity index (χ0) is 15.0. The van der Waals surface area contributed by atoms with E-state index in [9.17, 15) is 4.79 Å². The van der Waals surface area contributed by atoms with Gasteiger partial charge in [-0.25, -0.2) is 0 Å². The Morgan fingerprint density at radius 2 is 1.95 bits per heavy atom. The number of hydrogen-bond donors (Lipinski definition) is 1. The van der Waals surface area contributed by atoms with Gasteiger partial charge >= 0.3 is 5.97 Å². The Balaban J connectivity index is 1.69. The van der Waals surface area contributed by atoms with Gasteiger partial charge in [0, 0.05) is 24.7 Å². The first-order valence-corrected chi connectivity index (χ1v) is 8.66. The quantitative estimate of drug-likeness (QED) is 0.732. The number of esters is 1. The van der Waals surface area contributed by atoms with Crippen LogP contribution in [0.1, 0.15) is 58.8 Å². The highest BCUT2D eigenvalue weighted by molar-refractivity contribution is 5.81. The van der Waals surface area contributed by atoms with Gasteiger partial charge in [0.25, 0.3) is 0 Å². The monoisotopic (exact) mass is 294 g/mol. The van der Waals surface area contributed by atoms with Crippen molar-refractivity contribution in [3.63, 3.8) is 0 Å². The summed E-state index contributed by atoms with van der Waals surface area (Å²) in [6, 6.07) is 1.86. The third-order valence-corrected chi connectivity index (χ3v) is 5.18. The van der Waals surface area contributed by atoms with E-state index in [0.29, 0.717) is 18.0 Å². The zero-order valence-electron chi connectivity index (χ0n) is 13.7. The zero-order valence-corrected chi connectivity index (χ0v) is 13.7. The summed E-state index contributed by atoms with van der Waals surface area (Å²) in [4.78, 5) is 15.1. The highest BCUT2D eigenvalue weighted by atomic mass is 16.5. The van der Waals surface area contributed by atoms with E-state index in [2.05, 4.69) is 24.1 Å². The van der Waals surface area contributed by atoms with Crippen molar-refractivity contribution in [1.82, 2.24) is 10.2 Å². The molecule has 2 atom stereocenters. The molecule has 0 saturated heterocycles. The molecular weight excluding hydrogens is 264 g/mol. The second kappa shape index (κ2) is 5.88. The number of methoxy groups -OCH3 is 1. The number of carbonyl (C=O) groups is 1. The Hall–Kier alpha value is -0.610. The largest absolute Gasteiger partial charge is 0.468 e. The van der Waals surface area contributed by atoms with E-state index in [1.807, 2.05) is 0 Å². The van der Waals surface area contributed by atoms with Crippen molar-refractivity contribution in [1.29, 1.82) is 0 Å². The van der Waals surface area contributed by atoms with Crippen molar-refractivity contribution in [2.45, 2.75) is 82.5 Å². The van der Waals surface area contributed by atoms with Gasteiger partial charge in [0.1, 0.15) is 5.54 Å². The lowest BCUT2D eigenvalue weighted by Crippen LogP contribution is -2.53. The predicted octanol–water partition coefficient (Wildman–Crippen LogP) is 2.32. The van der Waals surface area contributed by atoms with Crippen LogP contribution >= 0.6 is 0 Å². The lowest BCUT2D eigenvalue weighted by molar-refractivity contribution is -0.148. The lowest BCUT2D eigenvalue weighted by Gasteiger charge is -2.33. The van der Waals surface area contributed by atoms with Gasteiger partial charge in [-0.05, 0) is 50.9 Å². The van der Waals surface area contributed by atoms with Gasteiger partial charge in [0.15, 0.2) is 0 Å². The first kappa shape index (κ1) is 15.3. The molecular formula is C17H30N2O2. The lowest BCUT2D eigenvalue weighted by atomic mass is 9.96. The molecule has 3 fully saturated rings. The molecule has 0 bridgehead atoms. The molecule has 3 aliphatic rings. The standard InChI is InChI=1S/C17H30N2O2/c1-12(2)11-19(14-6-7-14)15-8-9-17(10-15,16(20)21-3)18-13-4-5-13/h12-15,18H,4-11H2,1-3H3. The topological polar surface area (TPSA) is 41.6 Å². The van der Waals surface area contributed by atoms with Gasteiger partial charge in [-0.15, -0.1) is 0 Å². The summed E-state index contributed by atoms with van der Waals surface area (Å²) >= 11 is 0. The summed E-state index contributed by atoms with van der Waals surface area (Å²) in [5, 5.41) is 3.61. The maximum absolute atomic E-state index is 12.4. The maximum Gasteiger partial charge on any atom is 0.326 e. The molecule has 2 unspecified atom stereocenters. The fraction of sp³-hybridized carbons (Fsp3) is 0.941. The molecule has 1 N–H and O–H groups in total. The van der Waals surface area contributed by atoms with Crippen molar-refractivity contribution in [2.24, 2.45) is 5.92 Å². The Bertz CT molecular complexity index is 390. The molecule has 3 saturated carbocycles. The highest BCUT2D eigenvalue weighted by Gasteiger charge is 2.51. The predicted molar refractivity (Wildman–Crippen MR) is 83.1 cm³/mol. The van der Waals surface area contributed by atoms with Gasteiger partial charge in [-0.3, -0.25) is 15.0 Å². The molecule has 0 aromatic rings.